The predicted octanol–water partition coefficient (Wildman–Crippen LogP) is 1.25. The van der Waals surface area contributed by atoms with E-state index in [9.17, 15) is 4.79 Å². The summed E-state index contributed by atoms with van der Waals surface area (Å²) in [5.74, 6) is 0.0639. The second-order valence-electron chi connectivity index (χ2n) is 2.11. The average Bonchev–Trinajstić information content (AvgIpc) is 1.82. The minimum Gasteiger partial charge on any atom is -0.385 e. The van der Waals surface area contributed by atoms with Crippen molar-refractivity contribution >= 4 is 5.78 Å². The van der Waals surface area contributed by atoms with Crippen LogP contribution < -0.4 is 5.32 Å². The van der Waals surface area contributed by atoms with Gasteiger partial charge in [-0.2, -0.15) is 0 Å². The Morgan fingerprint density at radius 2 is 2.20 bits per heavy atom. The molecular weight excluding hydrogens is 126 g/mol. The van der Waals surface area contributed by atoms with Crippen molar-refractivity contribution < 1.29 is 4.79 Å². The second kappa shape index (κ2) is 4.79. The summed E-state index contributed by atoms with van der Waals surface area (Å²) in [4.78, 5) is 10.5. The van der Waals surface area contributed by atoms with Crippen molar-refractivity contribution in [2.24, 2.45) is 0 Å². The molecule has 0 radical (unpaired) electrons. The number of allylic oxidation sites excluding steroid dienone is 2. The first-order valence-corrected chi connectivity index (χ1v) is 3.20. The number of rotatable bonds is 4. The first-order chi connectivity index (χ1) is 4.66. The van der Waals surface area contributed by atoms with Crippen LogP contribution in [0.1, 0.15) is 13.8 Å². The fraction of sp³-hybridized carbons (Fsp3) is 0.375. The molecule has 0 saturated carbocycles. The Labute approximate surface area is 61.6 Å². The zero-order valence-electron chi connectivity index (χ0n) is 6.48. The first kappa shape index (κ1) is 8.95. The minimum absolute atomic E-state index is 0.0639. The van der Waals surface area contributed by atoms with Gasteiger partial charge in [-0.05, 0) is 19.9 Å². The van der Waals surface area contributed by atoms with Gasteiger partial charge in [-0.15, -0.1) is 6.58 Å². The largest absolute Gasteiger partial charge is 0.385 e. The van der Waals surface area contributed by atoms with Crippen LogP contribution in [0.4, 0.5) is 0 Å². The quantitative estimate of drug-likeness (QED) is 0.469. The molecule has 0 aromatic heterocycles. The van der Waals surface area contributed by atoms with Gasteiger partial charge in [-0.3, -0.25) is 4.79 Å². The Morgan fingerprint density at radius 1 is 1.60 bits per heavy atom. The molecule has 0 amide bonds. The zero-order chi connectivity index (χ0) is 7.98. The van der Waals surface area contributed by atoms with Gasteiger partial charge in [0.1, 0.15) is 0 Å². The molecule has 0 aliphatic rings. The number of carbonyl (C=O) groups excluding carboxylic acids is 1. The lowest BCUT2D eigenvalue weighted by atomic mass is 10.3. The molecular formula is C8H13NO. The van der Waals surface area contributed by atoms with Gasteiger partial charge < -0.3 is 5.32 Å². The highest BCUT2D eigenvalue weighted by Gasteiger charge is 1.87. The molecule has 0 aromatic carbocycles. The summed E-state index contributed by atoms with van der Waals surface area (Å²) in [7, 11) is 0. The Balaban J connectivity index is 3.70. The summed E-state index contributed by atoms with van der Waals surface area (Å²) >= 11 is 0. The molecule has 0 bridgehead atoms. The van der Waals surface area contributed by atoms with E-state index in [0.29, 0.717) is 6.54 Å². The lowest BCUT2D eigenvalue weighted by Gasteiger charge is -1.99. The number of ketones is 1. The molecule has 0 unspecified atom stereocenters. The van der Waals surface area contributed by atoms with Gasteiger partial charge in [0, 0.05) is 12.2 Å². The van der Waals surface area contributed by atoms with Crippen molar-refractivity contribution in [1.29, 1.82) is 0 Å². The third-order valence-corrected chi connectivity index (χ3v) is 0.945. The van der Waals surface area contributed by atoms with Gasteiger partial charge in [-0.25, -0.2) is 0 Å². The van der Waals surface area contributed by atoms with E-state index in [0.717, 1.165) is 5.70 Å². The summed E-state index contributed by atoms with van der Waals surface area (Å²) in [6.45, 7) is 7.62. The van der Waals surface area contributed by atoms with Crippen molar-refractivity contribution in [3.8, 4) is 0 Å². The minimum atomic E-state index is 0.0639. The van der Waals surface area contributed by atoms with Crippen LogP contribution in [0.3, 0.4) is 0 Å². The van der Waals surface area contributed by atoms with Crippen molar-refractivity contribution in [2.45, 2.75) is 13.8 Å². The summed E-state index contributed by atoms with van der Waals surface area (Å²) in [5, 5.41) is 2.99. The highest BCUT2D eigenvalue weighted by molar-refractivity contribution is 5.87. The Kier molecular flexibility index (Phi) is 4.29. The van der Waals surface area contributed by atoms with Crippen LogP contribution in [0.2, 0.25) is 0 Å². The molecule has 2 heteroatoms. The SMILES string of the molecule is C=CCN/C(C)=C\C(C)=O. The van der Waals surface area contributed by atoms with Crippen molar-refractivity contribution in [3.63, 3.8) is 0 Å². The van der Waals surface area contributed by atoms with Crippen LogP contribution in [0.25, 0.3) is 0 Å². The molecule has 0 aromatic rings. The van der Waals surface area contributed by atoms with E-state index >= 15 is 0 Å². The maximum Gasteiger partial charge on any atom is 0.154 e. The molecule has 0 fully saturated rings. The summed E-state index contributed by atoms with van der Waals surface area (Å²) in [5.41, 5.74) is 0.882. The maximum absolute atomic E-state index is 10.5. The van der Waals surface area contributed by atoms with Crippen LogP contribution >= 0.6 is 0 Å². The molecule has 0 aliphatic heterocycles. The molecule has 0 saturated heterocycles. The molecule has 0 spiro atoms. The number of nitrogens with one attached hydrogen (secondary N) is 1. The van der Waals surface area contributed by atoms with Gasteiger partial charge in [0.2, 0.25) is 0 Å². The van der Waals surface area contributed by atoms with Crippen molar-refractivity contribution in [1.82, 2.24) is 5.32 Å². The van der Waals surface area contributed by atoms with E-state index < -0.39 is 0 Å². The normalized spacial score (nSPS) is 10.8. The molecule has 0 aliphatic carbocycles. The highest BCUT2D eigenvalue weighted by Crippen LogP contribution is 1.85. The monoisotopic (exact) mass is 139 g/mol. The van der Waals surface area contributed by atoms with Gasteiger partial charge in [0.25, 0.3) is 0 Å². The smallest absolute Gasteiger partial charge is 0.154 e. The standard InChI is InChI=1S/C8H13NO/c1-4-5-9-7(2)6-8(3)10/h4,6,9H,1,5H2,2-3H3/b7-6-. The van der Waals surface area contributed by atoms with E-state index in [1.54, 1.807) is 12.2 Å². The second-order valence-corrected chi connectivity index (χ2v) is 2.11. The Bertz CT molecular complexity index is 159. The number of hydrogen-bond donors (Lipinski definition) is 1. The summed E-state index contributed by atoms with van der Waals surface area (Å²) in [6.07, 6.45) is 3.31. The van der Waals surface area contributed by atoms with E-state index in [-0.39, 0.29) is 5.78 Å². The summed E-state index contributed by atoms with van der Waals surface area (Å²) < 4.78 is 0. The first-order valence-electron chi connectivity index (χ1n) is 3.20. The summed E-state index contributed by atoms with van der Waals surface area (Å²) in [6, 6.07) is 0. The molecule has 1 N–H and O–H groups in total. The third-order valence-electron chi connectivity index (χ3n) is 0.945. The average molecular weight is 139 g/mol. The lowest BCUT2D eigenvalue weighted by Crippen LogP contribution is -2.11. The molecule has 0 atom stereocenters. The van der Waals surface area contributed by atoms with Crippen LogP contribution in [0, 0.1) is 0 Å². The van der Waals surface area contributed by atoms with Crippen LogP contribution in [0.15, 0.2) is 24.4 Å². The van der Waals surface area contributed by atoms with Crippen LogP contribution in [-0.4, -0.2) is 12.3 Å². The maximum atomic E-state index is 10.5. The zero-order valence-corrected chi connectivity index (χ0v) is 6.48. The topological polar surface area (TPSA) is 29.1 Å². The van der Waals surface area contributed by atoms with Crippen molar-refractivity contribution in [3.05, 3.63) is 24.4 Å². The molecule has 0 rings (SSSR count). The highest BCUT2D eigenvalue weighted by atomic mass is 16.1. The van der Waals surface area contributed by atoms with Gasteiger partial charge in [0.15, 0.2) is 5.78 Å². The van der Waals surface area contributed by atoms with E-state index in [2.05, 4.69) is 11.9 Å². The Morgan fingerprint density at radius 3 is 2.60 bits per heavy atom. The van der Waals surface area contributed by atoms with Crippen LogP contribution in [-0.2, 0) is 4.79 Å². The number of carbonyl (C=O) groups is 1. The van der Waals surface area contributed by atoms with E-state index in [1.807, 2.05) is 6.92 Å². The van der Waals surface area contributed by atoms with Crippen LogP contribution in [0.5, 0.6) is 0 Å². The van der Waals surface area contributed by atoms with Gasteiger partial charge in [0.05, 0.1) is 0 Å². The van der Waals surface area contributed by atoms with Gasteiger partial charge in [-0.1, -0.05) is 6.08 Å². The lowest BCUT2D eigenvalue weighted by molar-refractivity contribution is -0.112. The van der Waals surface area contributed by atoms with E-state index in [4.69, 9.17) is 0 Å². The molecule has 0 heterocycles. The number of hydrogen-bond acceptors (Lipinski definition) is 2. The molecule has 56 valence electrons. The predicted molar refractivity (Wildman–Crippen MR) is 42.6 cm³/mol. The fourth-order valence-electron chi connectivity index (χ4n) is 0.589. The molecule has 10 heavy (non-hydrogen) atoms. The van der Waals surface area contributed by atoms with Crippen molar-refractivity contribution in [2.75, 3.05) is 6.54 Å². The Hall–Kier alpha value is -1.05. The molecule has 2 nitrogen and oxygen atoms in total. The van der Waals surface area contributed by atoms with Gasteiger partial charge >= 0.3 is 0 Å². The third kappa shape index (κ3) is 5.09. The fourth-order valence-corrected chi connectivity index (χ4v) is 0.589. The van der Waals surface area contributed by atoms with E-state index in [1.165, 1.54) is 6.92 Å².